The summed E-state index contributed by atoms with van der Waals surface area (Å²) in [5.41, 5.74) is 1.29. The van der Waals surface area contributed by atoms with Crippen LogP contribution < -0.4 is 15.2 Å². The van der Waals surface area contributed by atoms with E-state index in [1.165, 1.54) is 24.3 Å². The van der Waals surface area contributed by atoms with Gasteiger partial charge >= 0.3 is 0 Å². The highest BCUT2D eigenvalue weighted by Crippen LogP contribution is 2.21. The number of rotatable bonds is 5. The van der Waals surface area contributed by atoms with Crippen molar-refractivity contribution in [3.8, 4) is 5.75 Å². The van der Waals surface area contributed by atoms with Crippen molar-refractivity contribution in [3.63, 3.8) is 0 Å². The SMILES string of the molecule is Cc1cc(OCC(=O)Nc2ccc(S(N)(=O)=O)cc2)ccc1Cl. The van der Waals surface area contributed by atoms with Crippen LogP contribution in [0, 0.1) is 6.92 Å². The fourth-order valence-electron chi connectivity index (χ4n) is 1.78. The third-order valence-electron chi connectivity index (χ3n) is 2.97. The Morgan fingerprint density at radius 3 is 2.43 bits per heavy atom. The van der Waals surface area contributed by atoms with Gasteiger partial charge in [0, 0.05) is 10.7 Å². The molecule has 0 atom stereocenters. The zero-order chi connectivity index (χ0) is 17.0. The van der Waals surface area contributed by atoms with Gasteiger partial charge in [-0.3, -0.25) is 4.79 Å². The number of carbonyl (C=O) groups excluding carboxylic acids is 1. The van der Waals surface area contributed by atoms with Gasteiger partial charge in [0.15, 0.2) is 6.61 Å². The standard InChI is InChI=1S/C15H15ClN2O4S/c1-10-8-12(4-7-14(10)16)22-9-15(19)18-11-2-5-13(6-3-11)23(17,20)21/h2-8H,9H2,1H3,(H,18,19)(H2,17,20,21). The molecule has 0 aliphatic heterocycles. The van der Waals surface area contributed by atoms with Crippen LogP contribution in [0.4, 0.5) is 5.69 Å². The number of nitrogens with two attached hydrogens (primary N) is 1. The number of sulfonamides is 1. The molecule has 0 fully saturated rings. The molecule has 0 radical (unpaired) electrons. The molecule has 3 N–H and O–H groups in total. The van der Waals surface area contributed by atoms with E-state index in [1.807, 2.05) is 6.92 Å². The summed E-state index contributed by atoms with van der Waals surface area (Å²) in [6, 6.07) is 10.6. The predicted molar refractivity (Wildman–Crippen MR) is 88.1 cm³/mol. The molecule has 8 heteroatoms. The van der Waals surface area contributed by atoms with Gasteiger partial charge in [0.2, 0.25) is 10.0 Å². The molecule has 0 aromatic heterocycles. The van der Waals surface area contributed by atoms with Gasteiger partial charge in [-0.2, -0.15) is 0 Å². The third kappa shape index (κ3) is 4.95. The van der Waals surface area contributed by atoms with Crippen LogP contribution in [0.25, 0.3) is 0 Å². The second kappa shape index (κ2) is 6.99. The topological polar surface area (TPSA) is 98.5 Å². The number of hydrogen-bond donors (Lipinski definition) is 2. The van der Waals surface area contributed by atoms with Crippen LogP contribution in [0.5, 0.6) is 5.75 Å². The van der Waals surface area contributed by atoms with E-state index in [-0.39, 0.29) is 17.4 Å². The summed E-state index contributed by atoms with van der Waals surface area (Å²) in [6.45, 7) is 1.65. The maximum atomic E-state index is 11.8. The molecule has 0 aliphatic carbocycles. The number of hydrogen-bond acceptors (Lipinski definition) is 4. The van der Waals surface area contributed by atoms with Crippen LogP contribution in [-0.4, -0.2) is 20.9 Å². The van der Waals surface area contributed by atoms with E-state index < -0.39 is 10.0 Å². The van der Waals surface area contributed by atoms with Gasteiger partial charge in [0.1, 0.15) is 5.75 Å². The Bertz CT molecular complexity index is 820. The number of aryl methyl sites for hydroxylation is 1. The van der Waals surface area contributed by atoms with Crippen LogP contribution >= 0.6 is 11.6 Å². The minimum atomic E-state index is -3.75. The molecule has 0 aliphatic rings. The maximum absolute atomic E-state index is 11.8. The molecule has 6 nitrogen and oxygen atoms in total. The highest BCUT2D eigenvalue weighted by molar-refractivity contribution is 7.89. The number of primary sulfonamides is 1. The molecule has 0 heterocycles. The van der Waals surface area contributed by atoms with E-state index in [2.05, 4.69) is 5.32 Å². The number of nitrogens with one attached hydrogen (secondary N) is 1. The lowest BCUT2D eigenvalue weighted by Crippen LogP contribution is -2.20. The van der Waals surface area contributed by atoms with Gasteiger partial charge in [-0.1, -0.05) is 11.6 Å². The number of carbonyl (C=O) groups is 1. The fraction of sp³-hybridized carbons (Fsp3) is 0.133. The third-order valence-corrected chi connectivity index (χ3v) is 4.32. The van der Waals surface area contributed by atoms with Crippen molar-refractivity contribution in [2.45, 2.75) is 11.8 Å². The van der Waals surface area contributed by atoms with Gasteiger partial charge < -0.3 is 10.1 Å². The van der Waals surface area contributed by atoms with E-state index in [4.69, 9.17) is 21.5 Å². The highest BCUT2D eigenvalue weighted by atomic mass is 35.5. The Morgan fingerprint density at radius 1 is 1.22 bits per heavy atom. The first-order chi connectivity index (χ1) is 10.8. The van der Waals surface area contributed by atoms with Gasteiger partial charge in [0.25, 0.3) is 5.91 Å². The summed E-state index contributed by atoms with van der Waals surface area (Å²) in [5.74, 6) is 0.160. The summed E-state index contributed by atoms with van der Waals surface area (Å²) in [7, 11) is -3.75. The second-order valence-electron chi connectivity index (χ2n) is 4.82. The minimum absolute atomic E-state index is 0.0246. The second-order valence-corrected chi connectivity index (χ2v) is 6.79. The van der Waals surface area contributed by atoms with Crippen molar-refractivity contribution in [2.75, 3.05) is 11.9 Å². The molecule has 0 spiro atoms. The van der Waals surface area contributed by atoms with E-state index >= 15 is 0 Å². The van der Waals surface area contributed by atoms with Gasteiger partial charge in [-0.05, 0) is 55.0 Å². The molecular weight excluding hydrogens is 340 g/mol. The molecule has 23 heavy (non-hydrogen) atoms. The van der Waals surface area contributed by atoms with Gasteiger partial charge in [-0.25, -0.2) is 13.6 Å². The number of ether oxygens (including phenoxy) is 1. The van der Waals surface area contributed by atoms with Crippen molar-refractivity contribution in [2.24, 2.45) is 5.14 Å². The molecule has 1 amide bonds. The van der Waals surface area contributed by atoms with Crippen molar-refractivity contribution in [1.82, 2.24) is 0 Å². The van der Waals surface area contributed by atoms with E-state index in [1.54, 1.807) is 18.2 Å². The molecule has 0 saturated carbocycles. The average molecular weight is 355 g/mol. The summed E-state index contributed by atoms with van der Waals surface area (Å²) < 4.78 is 27.6. The van der Waals surface area contributed by atoms with Crippen LogP contribution in [-0.2, 0) is 14.8 Å². The van der Waals surface area contributed by atoms with Crippen molar-refractivity contribution < 1.29 is 17.9 Å². The van der Waals surface area contributed by atoms with E-state index in [0.29, 0.717) is 16.5 Å². The van der Waals surface area contributed by atoms with Crippen molar-refractivity contribution in [1.29, 1.82) is 0 Å². The molecule has 0 bridgehead atoms. The quantitative estimate of drug-likeness (QED) is 0.860. The van der Waals surface area contributed by atoms with Crippen LogP contribution in [0.15, 0.2) is 47.4 Å². The Hall–Kier alpha value is -2.09. The van der Waals surface area contributed by atoms with Crippen LogP contribution in [0.1, 0.15) is 5.56 Å². The first-order valence-corrected chi connectivity index (χ1v) is 8.50. The molecule has 2 aromatic carbocycles. The number of halogens is 1. The number of amides is 1. The summed E-state index contributed by atoms with van der Waals surface area (Å²) in [4.78, 5) is 11.8. The first kappa shape index (κ1) is 17.3. The predicted octanol–water partition coefficient (Wildman–Crippen LogP) is 2.31. The average Bonchev–Trinajstić information content (AvgIpc) is 2.48. The summed E-state index contributed by atoms with van der Waals surface area (Å²) in [5, 5.41) is 8.21. The number of anilines is 1. The van der Waals surface area contributed by atoms with Crippen LogP contribution in [0.3, 0.4) is 0 Å². The lowest BCUT2D eigenvalue weighted by Gasteiger charge is -2.09. The van der Waals surface area contributed by atoms with Gasteiger partial charge in [-0.15, -0.1) is 0 Å². The van der Waals surface area contributed by atoms with Crippen molar-refractivity contribution in [3.05, 3.63) is 53.1 Å². The Kier molecular flexibility index (Phi) is 5.25. The largest absolute Gasteiger partial charge is 0.484 e. The Morgan fingerprint density at radius 2 is 1.87 bits per heavy atom. The summed E-state index contributed by atoms with van der Waals surface area (Å²) >= 11 is 5.91. The van der Waals surface area contributed by atoms with E-state index in [9.17, 15) is 13.2 Å². The smallest absolute Gasteiger partial charge is 0.262 e. The molecule has 2 aromatic rings. The zero-order valence-corrected chi connectivity index (χ0v) is 13.8. The molecule has 2 rings (SSSR count). The maximum Gasteiger partial charge on any atom is 0.262 e. The monoisotopic (exact) mass is 354 g/mol. The minimum Gasteiger partial charge on any atom is -0.484 e. The molecule has 122 valence electrons. The highest BCUT2D eigenvalue weighted by Gasteiger charge is 2.08. The molecule has 0 saturated heterocycles. The lowest BCUT2D eigenvalue weighted by molar-refractivity contribution is -0.118. The Labute approximate surface area is 139 Å². The molecular formula is C15H15ClN2O4S. The van der Waals surface area contributed by atoms with Crippen molar-refractivity contribution >= 4 is 33.2 Å². The first-order valence-electron chi connectivity index (χ1n) is 6.57. The summed E-state index contributed by atoms with van der Waals surface area (Å²) in [6.07, 6.45) is 0. The van der Waals surface area contributed by atoms with Gasteiger partial charge in [0.05, 0.1) is 4.90 Å². The zero-order valence-electron chi connectivity index (χ0n) is 12.2. The van der Waals surface area contributed by atoms with Crippen LogP contribution in [0.2, 0.25) is 5.02 Å². The normalized spacial score (nSPS) is 11.1. The molecule has 0 unspecified atom stereocenters. The fourth-order valence-corrected chi connectivity index (χ4v) is 2.41. The Balaban J connectivity index is 1.93. The lowest BCUT2D eigenvalue weighted by atomic mass is 10.2. The number of benzene rings is 2. The van der Waals surface area contributed by atoms with E-state index in [0.717, 1.165) is 5.56 Å².